The molecule has 4 aromatic carbocycles. The molecule has 1 aromatic heterocycles. The summed E-state index contributed by atoms with van der Waals surface area (Å²) < 4.78 is 3.45. The van der Waals surface area contributed by atoms with E-state index in [1.807, 2.05) is 0 Å². The highest BCUT2D eigenvalue weighted by Gasteiger charge is 2.12. The van der Waals surface area contributed by atoms with Gasteiger partial charge in [-0.15, -0.1) is 0 Å². The van der Waals surface area contributed by atoms with E-state index in [2.05, 4.69) is 105 Å². The summed E-state index contributed by atoms with van der Waals surface area (Å²) in [6, 6.07) is 30.3. The fourth-order valence-corrected chi connectivity index (χ4v) is 3.79. The van der Waals surface area contributed by atoms with E-state index in [4.69, 9.17) is 0 Å². The number of benzene rings is 4. The lowest BCUT2D eigenvalue weighted by atomic mass is 10.1. The van der Waals surface area contributed by atoms with Crippen LogP contribution in [0.15, 0.2) is 89.4 Å². The minimum Gasteiger partial charge on any atom is -0.309 e. The van der Waals surface area contributed by atoms with Crippen LogP contribution in [0.2, 0.25) is 0 Å². The standard InChI is InChI=1S/C22H14BrN/c23-17-9-11-18(12-10-17)24-21-8-4-3-7-19(21)20-13-15-5-1-2-6-16(15)14-22(20)24/h1-14H. The first-order chi connectivity index (χ1) is 11.8. The van der Waals surface area contributed by atoms with E-state index in [1.54, 1.807) is 0 Å². The van der Waals surface area contributed by atoms with Crippen molar-refractivity contribution in [2.24, 2.45) is 0 Å². The lowest BCUT2D eigenvalue weighted by Crippen LogP contribution is -1.93. The normalized spacial score (nSPS) is 11.5. The van der Waals surface area contributed by atoms with E-state index in [0.29, 0.717) is 0 Å². The average Bonchev–Trinajstić information content (AvgIpc) is 2.94. The summed E-state index contributed by atoms with van der Waals surface area (Å²) in [5.41, 5.74) is 3.67. The van der Waals surface area contributed by atoms with Crippen molar-refractivity contribution in [3.8, 4) is 5.69 Å². The maximum Gasteiger partial charge on any atom is 0.0547 e. The molecule has 0 radical (unpaired) electrons. The van der Waals surface area contributed by atoms with Gasteiger partial charge >= 0.3 is 0 Å². The van der Waals surface area contributed by atoms with E-state index in [-0.39, 0.29) is 0 Å². The summed E-state index contributed by atoms with van der Waals surface area (Å²) in [6.07, 6.45) is 0. The molecule has 0 aliphatic heterocycles. The van der Waals surface area contributed by atoms with Gasteiger partial charge in [0.25, 0.3) is 0 Å². The Balaban J connectivity index is 1.99. The van der Waals surface area contributed by atoms with Crippen LogP contribution in [0.1, 0.15) is 0 Å². The van der Waals surface area contributed by atoms with Gasteiger partial charge in [-0.25, -0.2) is 0 Å². The van der Waals surface area contributed by atoms with Crippen LogP contribution in [0.3, 0.4) is 0 Å². The highest BCUT2D eigenvalue weighted by atomic mass is 79.9. The fraction of sp³-hybridized carbons (Fsp3) is 0. The van der Waals surface area contributed by atoms with E-state index in [9.17, 15) is 0 Å². The molecule has 5 aromatic rings. The van der Waals surface area contributed by atoms with Crippen molar-refractivity contribution >= 4 is 48.5 Å². The summed E-state index contributed by atoms with van der Waals surface area (Å²) in [7, 11) is 0. The monoisotopic (exact) mass is 371 g/mol. The van der Waals surface area contributed by atoms with E-state index in [0.717, 1.165) is 4.47 Å². The summed E-state index contributed by atoms with van der Waals surface area (Å²) in [5, 5.41) is 5.14. The first-order valence-corrected chi connectivity index (χ1v) is 8.78. The van der Waals surface area contributed by atoms with Crippen LogP contribution in [0.4, 0.5) is 0 Å². The minimum atomic E-state index is 1.09. The molecule has 1 nitrogen and oxygen atoms in total. The molecule has 0 bridgehead atoms. The van der Waals surface area contributed by atoms with E-state index < -0.39 is 0 Å². The van der Waals surface area contributed by atoms with Crippen LogP contribution < -0.4 is 0 Å². The third kappa shape index (κ3) is 2.00. The topological polar surface area (TPSA) is 4.93 Å². The zero-order chi connectivity index (χ0) is 16.1. The Hall–Kier alpha value is -2.58. The molecule has 0 N–H and O–H groups in total. The number of para-hydroxylation sites is 1. The summed E-state index contributed by atoms with van der Waals surface area (Å²) in [5.74, 6) is 0. The van der Waals surface area contributed by atoms with Crippen LogP contribution in [-0.2, 0) is 0 Å². The van der Waals surface area contributed by atoms with Crippen LogP contribution in [0.25, 0.3) is 38.3 Å². The van der Waals surface area contributed by atoms with Crippen molar-refractivity contribution in [3.63, 3.8) is 0 Å². The lowest BCUT2D eigenvalue weighted by molar-refractivity contribution is 1.18. The molecule has 0 aliphatic carbocycles. The van der Waals surface area contributed by atoms with Crippen LogP contribution >= 0.6 is 15.9 Å². The molecular formula is C22H14BrN. The largest absolute Gasteiger partial charge is 0.309 e. The second-order valence-corrected chi connectivity index (χ2v) is 6.96. The molecule has 0 spiro atoms. The Bertz CT molecular complexity index is 1200. The summed E-state index contributed by atoms with van der Waals surface area (Å²) in [6.45, 7) is 0. The maximum atomic E-state index is 3.53. The molecule has 114 valence electrons. The van der Waals surface area contributed by atoms with Crippen molar-refractivity contribution in [2.45, 2.75) is 0 Å². The molecule has 0 atom stereocenters. The molecule has 5 rings (SSSR count). The third-order valence-corrected chi connectivity index (χ3v) is 5.15. The molecule has 0 saturated carbocycles. The van der Waals surface area contributed by atoms with Crippen LogP contribution in [0.5, 0.6) is 0 Å². The molecule has 0 saturated heterocycles. The fourth-order valence-electron chi connectivity index (χ4n) is 3.52. The Morgan fingerprint density at radius 1 is 0.583 bits per heavy atom. The molecule has 0 aliphatic rings. The highest BCUT2D eigenvalue weighted by molar-refractivity contribution is 9.10. The van der Waals surface area contributed by atoms with Gasteiger partial charge in [0.1, 0.15) is 0 Å². The smallest absolute Gasteiger partial charge is 0.0547 e. The Morgan fingerprint density at radius 2 is 1.25 bits per heavy atom. The third-order valence-electron chi connectivity index (χ3n) is 4.62. The molecule has 0 unspecified atom stereocenters. The molecule has 0 amide bonds. The van der Waals surface area contributed by atoms with Gasteiger partial charge in [-0.2, -0.15) is 0 Å². The average molecular weight is 372 g/mol. The number of hydrogen-bond acceptors (Lipinski definition) is 0. The Labute approximate surface area is 148 Å². The first kappa shape index (κ1) is 13.8. The second-order valence-electron chi connectivity index (χ2n) is 6.05. The molecule has 1 heterocycles. The number of hydrogen-bond donors (Lipinski definition) is 0. The molecule has 0 fully saturated rings. The minimum absolute atomic E-state index is 1.09. The summed E-state index contributed by atoms with van der Waals surface area (Å²) >= 11 is 3.53. The number of aromatic nitrogens is 1. The number of nitrogens with zero attached hydrogens (tertiary/aromatic N) is 1. The van der Waals surface area contributed by atoms with Crippen molar-refractivity contribution < 1.29 is 0 Å². The predicted molar refractivity (Wildman–Crippen MR) is 106 cm³/mol. The van der Waals surface area contributed by atoms with Gasteiger partial charge in [0.2, 0.25) is 0 Å². The predicted octanol–water partition coefficient (Wildman–Crippen LogP) is 6.70. The zero-order valence-corrected chi connectivity index (χ0v) is 14.5. The van der Waals surface area contributed by atoms with Gasteiger partial charge in [0.05, 0.1) is 11.0 Å². The zero-order valence-electron chi connectivity index (χ0n) is 12.9. The lowest BCUT2D eigenvalue weighted by Gasteiger charge is -2.08. The van der Waals surface area contributed by atoms with Crippen molar-refractivity contribution in [1.82, 2.24) is 4.57 Å². The van der Waals surface area contributed by atoms with Gasteiger partial charge in [-0.1, -0.05) is 58.4 Å². The Kier molecular flexibility index (Phi) is 3.00. The van der Waals surface area contributed by atoms with Gasteiger partial charge in [0.15, 0.2) is 0 Å². The SMILES string of the molecule is Brc1ccc(-n2c3ccccc3c3cc4ccccc4cc32)cc1. The van der Waals surface area contributed by atoms with Gasteiger partial charge in [0, 0.05) is 20.9 Å². The van der Waals surface area contributed by atoms with Crippen molar-refractivity contribution in [1.29, 1.82) is 0 Å². The molecule has 24 heavy (non-hydrogen) atoms. The van der Waals surface area contributed by atoms with Gasteiger partial charge in [-0.3, -0.25) is 0 Å². The molecular weight excluding hydrogens is 358 g/mol. The highest BCUT2D eigenvalue weighted by Crippen LogP contribution is 2.34. The Morgan fingerprint density at radius 3 is 2.04 bits per heavy atom. The quantitative estimate of drug-likeness (QED) is 0.309. The number of halogens is 1. The van der Waals surface area contributed by atoms with Crippen molar-refractivity contribution in [3.05, 3.63) is 89.4 Å². The van der Waals surface area contributed by atoms with Crippen LogP contribution in [0, 0.1) is 0 Å². The number of fused-ring (bicyclic) bond motifs is 4. The van der Waals surface area contributed by atoms with E-state index in [1.165, 1.54) is 38.3 Å². The first-order valence-electron chi connectivity index (χ1n) is 7.99. The number of rotatable bonds is 1. The maximum absolute atomic E-state index is 3.53. The summed E-state index contributed by atoms with van der Waals surface area (Å²) in [4.78, 5) is 0. The van der Waals surface area contributed by atoms with Gasteiger partial charge < -0.3 is 4.57 Å². The van der Waals surface area contributed by atoms with Crippen molar-refractivity contribution in [2.75, 3.05) is 0 Å². The van der Waals surface area contributed by atoms with Gasteiger partial charge in [-0.05, 0) is 53.2 Å². The second kappa shape index (κ2) is 5.22. The molecule has 2 heteroatoms. The van der Waals surface area contributed by atoms with E-state index >= 15 is 0 Å². The van der Waals surface area contributed by atoms with Crippen LogP contribution in [-0.4, -0.2) is 4.57 Å².